The molecule has 2 saturated heterocycles. The van der Waals surface area contributed by atoms with E-state index in [1.54, 1.807) is 6.66 Å². The highest BCUT2D eigenvalue weighted by Crippen LogP contribution is 2.49. The normalized spacial score (nSPS) is 22.2. The third-order valence-corrected chi connectivity index (χ3v) is 9.58. The van der Waals surface area contributed by atoms with Crippen LogP contribution in [0.15, 0.2) is 29.1 Å². The maximum absolute atomic E-state index is 13.5. The molecule has 2 aromatic rings. The minimum Gasteiger partial charge on any atom is -0.325 e. The first-order chi connectivity index (χ1) is 16.5. The van der Waals surface area contributed by atoms with Crippen LogP contribution >= 0.6 is 7.52 Å². The molecule has 3 aliphatic heterocycles. The van der Waals surface area contributed by atoms with Crippen LogP contribution in [0.25, 0.3) is 10.8 Å². The second-order valence-electron chi connectivity index (χ2n) is 9.55. The molecule has 1 atom stereocenters. The molecule has 0 radical (unpaired) electrons. The molecule has 2 fully saturated rings. The Kier molecular flexibility index (Phi) is 8.65. The van der Waals surface area contributed by atoms with E-state index in [0.717, 1.165) is 42.3 Å². The molecule has 0 amide bonds. The van der Waals surface area contributed by atoms with Crippen molar-refractivity contribution in [2.45, 2.75) is 58.5 Å². The van der Waals surface area contributed by atoms with Crippen molar-refractivity contribution in [2.24, 2.45) is 0 Å². The average Bonchev–Trinajstić information content (AvgIpc) is 3.41. The third kappa shape index (κ3) is 5.66. The molecule has 1 aromatic heterocycles. The Labute approximate surface area is 204 Å². The summed E-state index contributed by atoms with van der Waals surface area (Å²) in [7, 11) is -2.90. The fraction of sp³-hybridized carbons (Fsp3) is 0.654. The van der Waals surface area contributed by atoms with E-state index in [1.807, 2.05) is 42.8 Å². The monoisotopic (exact) mass is 488 g/mol. The van der Waals surface area contributed by atoms with E-state index in [4.69, 9.17) is 4.52 Å². The average molecular weight is 489 g/mol. The third-order valence-electron chi connectivity index (χ3n) is 7.55. The van der Waals surface area contributed by atoms with Crippen molar-refractivity contribution in [1.82, 2.24) is 19.5 Å². The van der Waals surface area contributed by atoms with Crippen molar-refractivity contribution in [2.75, 3.05) is 52.5 Å². The molecule has 7 nitrogen and oxygen atoms in total. The summed E-state index contributed by atoms with van der Waals surface area (Å²) in [5.74, 6) is 0. The van der Waals surface area contributed by atoms with Crippen LogP contribution in [0.3, 0.4) is 0 Å². The van der Waals surface area contributed by atoms with Gasteiger partial charge in [-0.15, -0.1) is 0 Å². The van der Waals surface area contributed by atoms with Crippen LogP contribution in [0.4, 0.5) is 0 Å². The van der Waals surface area contributed by atoms with E-state index in [1.165, 1.54) is 38.8 Å². The maximum Gasteiger partial charge on any atom is 0.269 e. The first-order valence-corrected chi connectivity index (χ1v) is 15.1. The van der Waals surface area contributed by atoms with Crippen molar-refractivity contribution in [3.05, 3.63) is 45.9 Å². The number of benzene rings is 1. The van der Waals surface area contributed by atoms with Gasteiger partial charge >= 0.3 is 0 Å². The molecule has 8 heteroatoms. The minimum atomic E-state index is -2.90. The Morgan fingerprint density at radius 1 is 1.03 bits per heavy atom. The van der Waals surface area contributed by atoms with Gasteiger partial charge in [-0.2, -0.15) is 0 Å². The van der Waals surface area contributed by atoms with E-state index in [9.17, 15) is 9.36 Å². The van der Waals surface area contributed by atoms with Gasteiger partial charge in [0.25, 0.3) is 13.1 Å². The van der Waals surface area contributed by atoms with Crippen molar-refractivity contribution >= 4 is 18.3 Å². The fourth-order valence-electron chi connectivity index (χ4n) is 5.63. The molecule has 1 aromatic carbocycles. The highest BCUT2D eigenvalue weighted by atomic mass is 31.2. The molecule has 0 bridgehead atoms. The number of fused-ring (bicyclic) bond motifs is 3. The Morgan fingerprint density at radius 2 is 1.71 bits per heavy atom. The van der Waals surface area contributed by atoms with E-state index in [0.29, 0.717) is 31.5 Å². The van der Waals surface area contributed by atoms with Crippen molar-refractivity contribution < 1.29 is 9.09 Å². The van der Waals surface area contributed by atoms with Gasteiger partial charge in [0.15, 0.2) is 0 Å². The lowest BCUT2D eigenvalue weighted by atomic mass is 10.0. The zero-order valence-electron chi connectivity index (χ0n) is 21.1. The second-order valence-corrected chi connectivity index (χ2v) is 12.0. The predicted octanol–water partition coefficient (Wildman–Crippen LogP) is 4.31. The highest BCUT2D eigenvalue weighted by molar-refractivity contribution is 7.55. The first kappa shape index (κ1) is 25.6. The minimum absolute atomic E-state index is 0.0442. The number of rotatable bonds is 6. The van der Waals surface area contributed by atoms with Gasteiger partial charge in [-0.1, -0.05) is 32.0 Å². The maximum atomic E-state index is 13.5. The van der Waals surface area contributed by atoms with Gasteiger partial charge < -0.3 is 19.3 Å². The lowest BCUT2D eigenvalue weighted by molar-refractivity contribution is 0.112. The van der Waals surface area contributed by atoms with E-state index >= 15 is 0 Å². The summed E-state index contributed by atoms with van der Waals surface area (Å²) in [6.45, 7) is 13.0. The largest absolute Gasteiger partial charge is 0.325 e. The van der Waals surface area contributed by atoms with Crippen LogP contribution in [0, 0.1) is 0 Å². The van der Waals surface area contributed by atoms with Gasteiger partial charge in [-0.3, -0.25) is 9.36 Å². The smallest absolute Gasteiger partial charge is 0.269 e. The quantitative estimate of drug-likeness (QED) is 0.611. The lowest BCUT2D eigenvalue weighted by Crippen LogP contribution is -2.44. The molecule has 0 spiro atoms. The first-order valence-electron chi connectivity index (χ1n) is 13.1. The molecule has 0 saturated carbocycles. The SMILES string of the molecule is CC.CP(=O)(OCCN1CCC(N2CCCC2)CC1)N1CCc2[nH]c(=O)c3ccccc3c2C1. The zero-order valence-corrected chi connectivity index (χ0v) is 22.0. The number of aromatic nitrogens is 1. The van der Waals surface area contributed by atoms with Gasteiger partial charge in [0.2, 0.25) is 0 Å². The van der Waals surface area contributed by atoms with Crippen molar-refractivity contribution in [3.63, 3.8) is 0 Å². The van der Waals surface area contributed by atoms with Gasteiger partial charge in [0, 0.05) is 49.8 Å². The molecular formula is C26H41N4O3P. The summed E-state index contributed by atoms with van der Waals surface area (Å²) in [6.07, 6.45) is 5.86. The molecule has 4 heterocycles. The number of nitrogens with zero attached hydrogens (tertiary/aromatic N) is 3. The van der Waals surface area contributed by atoms with Gasteiger partial charge in [-0.25, -0.2) is 4.67 Å². The lowest BCUT2D eigenvalue weighted by Gasteiger charge is -2.37. The molecule has 3 aliphatic rings. The summed E-state index contributed by atoms with van der Waals surface area (Å²) in [4.78, 5) is 20.5. The zero-order chi connectivity index (χ0) is 24.1. The highest BCUT2D eigenvalue weighted by Gasteiger charge is 2.32. The number of nitrogens with one attached hydrogen (secondary N) is 1. The summed E-state index contributed by atoms with van der Waals surface area (Å²) in [6, 6.07) is 8.42. The summed E-state index contributed by atoms with van der Waals surface area (Å²) in [5, 5.41) is 1.65. The molecule has 0 aliphatic carbocycles. The van der Waals surface area contributed by atoms with E-state index < -0.39 is 7.52 Å². The number of likely N-dealkylation sites (tertiary alicyclic amines) is 2. The number of hydrogen-bond donors (Lipinski definition) is 1. The van der Waals surface area contributed by atoms with Crippen LogP contribution in [0.5, 0.6) is 0 Å². The summed E-state index contributed by atoms with van der Waals surface area (Å²) < 4.78 is 21.4. The van der Waals surface area contributed by atoms with Gasteiger partial charge in [-0.05, 0) is 68.9 Å². The van der Waals surface area contributed by atoms with Crippen LogP contribution < -0.4 is 5.56 Å². The number of aromatic amines is 1. The van der Waals surface area contributed by atoms with Crippen molar-refractivity contribution in [3.8, 4) is 0 Å². The molecular weight excluding hydrogens is 447 g/mol. The standard InChI is InChI=1S/C24H35N4O3P.C2H6/c1-32(30,31-17-16-26-13-8-19(9-14-26)27-11-4-5-12-27)28-15-10-23-22(18-28)20-6-2-3-7-21(20)24(29)25-23;1-2/h2-3,6-7,19H,4-5,8-18H2,1H3,(H,25,29);1-2H3. The molecule has 188 valence electrons. The molecule has 1 N–H and O–H groups in total. The molecule has 34 heavy (non-hydrogen) atoms. The topological polar surface area (TPSA) is 68.9 Å². The summed E-state index contributed by atoms with van der Waals surface area (Å²) >= 11 is 0. The van der Waals surface area contributed by atoms with Crippen LogP contribution in [-0.2, 0) is 22.1 Å². The Morgan fingerprint density at radius 3 is 2.41 bits per heavy atom. The molecule has 1 unspecified atom stereocenters. The van der Waals surface area contributed by atoms with Crippen LogP contribution in [-0.4, -0.2) is 78.0 Å². The van der Waals surface area contributed by atoms with Gasteiger partial charge in [0.05, 0.1) is 6.61 Å². The van der Waals surface area contributed by atoms with Crippen LogP contribution in [0.2, 0.25) is 0 Å². The van der Waals surface area contributed by atoms with Crippen molar-refractivity contribution in [1.29, 1.82) is 0 Å². The second kappa shape index (κ2) is 11.5. The van der Waals surface area contributed by atoms with Gasteiger partial charge in [0.1, 0.15) is 0 Å². The number of piperidine rings is 1. The number of hydrogen-bond acceptors (Lipinski definition) is 5. The Bertz CT molecular complexity index is 1060. The predicted molar refractivity (Wildman–Crippen MR) is 140 cm³/mol. The van der Waals surface area contributed by atoms with E-state index in [-0.39, 0.29) is 5.56 Å². The van der Waals surface area contributed by atoms with Crippen LogP contribution in [0.1, 0.15) is 50.8 Å². The summed E-state index contributed by atoms with van der Waals surface area (Å²) in [5.41, 5.74) is 1.99. The fourth-order valence-corrected chi connectivity index (χ4v) is 7.07. The van der Waals surface area contributed by atoms with E-state index in [2.05, 4.69) is 14.8 Å². The number of pyridine rings is 1. The Balaban J connectivity index is 0.00000133. The molecule has 5 rings (SSSR count). The number of H-pyrrole nitrogens is 1. The Hall–Kier alpha value is -1.50.